The number of para-hydroxylation sites is 4. The minimum absolute atomic E-state index is 0.217. The van der Waals surface area contributed by atoms with Crippen LogP contribution in [0.4, 0.5) is 17.1 Å². The summed E-state index contributed by atoms with van der Waals surface area (Å²) in [6, 6.07) is 99.5. The molecule has 384 valence electrons. The van der Waals surface area contributed by atoms with Crippen molar-refractivity contribution < 1.29 is 0 Å². The van der Waals surface area contributed by atoms with Crippen molar-refractivity contribution in [1.82, 2.24) is 24.1 Å². The lowest BCUT2D eigenvalue weighted by Crippen LogP contribution is -2.60. The molecule has 12 aromatic carbocycles. The van der Waals surface area contributed by atoms with E-state index in [1.807, 2.05) is 23.5 Å². The lowest BCUT2D eigenvalue weighted by atomic mass is 9.33. The van der Waals surface area contributed by atoms with Gasteiger partial charge in [0.05, 0.1) is 27.8 Å². The van der Waals surface area contributed by atoms with Crippen LogP contribution in [0.3, 0.4) is 0 Å². The quantitative estimate of drug-likeness (QED) is 0.149. The summed E-state index contributed by atoms with van der Waals surface area (Å²) in [5.74, 6) is 1.83. The Kier molecular flexibility index (Phi) is 9.96. The van der Waals surface area contributed by atoms with Crippen LogP contribution in [0, 0.1) is 0 Å². The van der Waals surface area contributed by atoms with Crippen LogP contribution in [0.25, 0.3) is 132 Å². The molecule has 8 heteroatoms. The summed E-state index contributed by atoms with van der Waals surface area (Å²) >= 11 is 1.92. The van der Waals surface area contributed by atoms with Crippen molar-refractivity contribution in [2.24, 2.45) is 0 Å². The summed E-state index contributed by atoms with van der Waals surface area (Å²) in [6.45, 7) is -0.217. The highest BCUT2D eigenvalue weighted by molar-refractivity contribution is 7.28. The maximum Gasteiger partial charge on any atom is 0.254 e. The molecule has 83 heavy (non-hydrogen) atoms. The van der Waals surface area contributed by atoms with Crippen LogP contribution < -0.4 is 21.3 Å². The van der Waals surface area contributed by atoms with E-state index in [-0.39, 0.29) is 6.71 Å². The highest BCUT2D eigenvalue weighted by atomic mass is 32.1. The highest BCUT2D eigenvalue weighted by Gasteiger charge is 2.45. The highest BCUT2D eigenvalue weighted by Crippen LogP contribution is 2.52. The standard InChI is InChI=1S/C75H45BN6S/c1-6-23-46(24-7-1)52-36-22-37-53(47-25-8-2-9-26-47)70(52)82-64-44-57-54-33-16-19-38-61(54)80(51-31-14-5-15-32-51)63(57)45-60(64)76-68-65(81-62-39-20-17-34-55(62)58-43-59-56-35-18-21-40-67(56)83-72(59)69(76)71(58)81)41-50(42-66(68)82)75-78-73(48-27-10-3-11-28-48)77-74(79-75)49-29-12-4-13-30-49/h1-45H. The Labute approximate surface area is 482 Å². The first-order valence-electron chi connectivity index (χ1n) is 28.3. The number of fused-ring (bicyclic) bond motifs is 14. The van der Waals surface area contributed by atoms with Crippen LogP contribution in [0.2, 0.25) is 0 Å². The Morgan fingerprint density at radius 3 is 1.46 bits per heavy atom. The zero-order valence-electron chi connectivity index (χ0n) is 44.6. The number of nitrogens with zero attached hydrogens (tertiary/aromatic N) is 6. The van der Waals surface area contributed by atoms with Gasteiger partial charge in [0.15, 0.2) is 17.5 Å². The van der Waals surface area contributed by atoms with E-state index in [0.717, 1.165) is 83.9 Å². The van der Waals surface area contributed by atoms with E-state index in [9.17, 15) is 0 Å². The molecule has 0 atom stereocenters. The minimum atomic E-state index is -0.217. The number of aromatic nitrogens is 5. The third-order valence-corrected chi connectivity index (χ3v) is 18.5. The van der Waals surface area contributed by atoms with Gasteiger partial charge in [0.25, 0.3) is 6.71 Å². The first-order valence-corrected chi connectivity index (χ1v) is 29.1. The Balaban J connectivity index is 1.06. The first-order chi connectivity index (χ1) is 41.2. The molecular formula is C75H45BN6S. The maximum absolute atomic E-state index is 5.50. The molecule has 0 bridgehead atoms. The molecule has 2 aliphatic heterocycles. The molecule has 0 saturated carbocycles. The van der Waals surface area contributed by atoms with Crippen LogP contribution >= 0.6 is 11.3 Å². The number of hydrogen-bond acceptors (Lipinski definition) is 5. The van der Waals surface area contributed by atoms with E-state index < -0.39 is 0 Å². The summed E-state index contributed by atoms with van der Waals surface area (Å²) in [4.78, 5) is 18.8. The average molecular weight is 1070 g/mol. The summed E-state index contributed by atoms with van der Waals surface area (Å²) in [6.07, 6.45) is 0. The van der Waals surface area contributed by atoms with Crippen molar-refractivity contribution in [3.8, 4) is 67.8 Å². The molecule has 2 aliphatic rings. The van der Waals surface area contributed by atoms with Crippen LogP contribution in [0.15, 0.2) is 273 Å². The van der Waals surface area contributed by atoms with Crippen LogP contribution in [-0.4, -0.2) is 30.8 Å². The largest absolute Gasteiger partial charge is 0.310 e. The fraction of sp³-hybridized carbons (Fsp3) is 0. The van der Waals surface area contributed by atoms with Crippen LogP contribution in [0.1, 0.15) is 0 Å². The van der Waals surface area contributed by atoms with E-state index >= 15 is 0 Å². The van der Waals surface area contributed by atoms with Gasteiger partial charge in [0.2, 0.25) is 0 Å². The van der Waals surface area contributed by atoms with Crippen molar-refractivity contribution >= 4 is 115 Å². The molecule has 0 fully saturated rings. The fourth-order valence-corrected chi connectivity index (χ4v) is 15.1. The second-order valence-corrected chi connectivity index (χ2v) is 22.9. The summed E-state index contributed by atoms with van der Waals surface area (Å²) in [5.41, 5.74) is 21.2. The number of thiophene rings is 1. The number of anilines is 3. The monoisotopic (exact) mass is 1070 g/mol. The molecule has 0 aliphatic carbocycles. The van der Waals surface area contributed by atoms with E-state index in [2.05, 4.69) is 275 Å². The SMILES string of the molecule is c1ccc(-c2nc(-c3ccccc3)nc(-c3cc4c5c(c3)-n3c6ccccc6c6cc7c(sc8ccccc87)c(c63)B5c3cc5c(cc3N4c3c(-c4ccccc4)cccc3-c3ccccc3)c3ccccc3n5-c3ccccc3)n2)cc1. The molecule has 6 heterocycles. The van der Waals surface area contributed by atoms with Crippen molar-refractivity contribution in [2.75, 3.05) is 4.90 Å². The van der Waals surface area contributed by atoms with Gasteiger partial charge in [-0.05, 0) is 88.2 Å². The molecule has 0 amide bonds. The van der Waals surface area contributed by atoms with Gasteiger partial charge in [-0.25, -0.2) is 15.0 Å². The van der Waals surface area contributed by atoms with Gasteiger partial charge in [-0.1, -0.05) is 212 Å². The molecule has 0 radical (unpaired) electrons. The summed E-state index contributed by atoms with van der Waals surface area (Å²) in [5, 5.41) is 7.40. The Morgan fingerprint density at radius 1 is 0.325 bits per heavy atom. The molecule has 18 rings (SSSR count). The Morgan fingerprint density at radius 2 is 0.831 bits per heavy atom. The zero-order valence-corrected chi connectivity index (χ0v) is 45.5. The predicted molar refractivity (Wildman–Crippen MR) is 348 cm³/mol. The molecule has 0 saturated heterocycles. The third kappa shape index (κ3) is 6.81. The molecular weight excluding hydrogens is 1030 g/mol. The first kappa shape index (κ1) is 46.1. The van der Waals surface area contributed by atoms with Gasteiger partial charge in [-0.3, -0.25) is 0 Å². The van der Waals surface area contributed by atoms with Crippen molar-refractivity contribution in [2.45, 2.75) is 0 Å². The second kappa shape index (κ2) is 17.9. The normalized spacial score (nSPS) is 12.5. The number of rotatable bonds is 7. The topological polar surface area (TPSA) is 51.8 Å². The van der Waals surface area contributed by atoms with Gasteiger partial charge in [0, 0.05) is 92.3 Å². The number of benzene rings is 12. The third-order valence-electron chi connectivity index (χ3n) is 17.3. The Hall–Kier alpha value is -10.7. The molecule has 4 aromatic heterocycles. The average Bonchev–Trinajstić information content (AvgIpc) is 1.87. The van der Waals surface area contributed by atoms with Crippen LogP contribution in [-0.2, 0) is 0 Å². The van der Waals surface area contributed by atoms with Gasteiger partial charge in [-0.15, -0.1) is 11.3 Å². The van der Waals surface area contributed by atoms with E-state index in [0.29, 0.717) is 17.5 Å². The Bertz CT molecular complexity index is 5210. The van der Waals surface area contributed by atoms with E-state index in [1.54, 1.807) is 0 Å². The summed E-state index contributed by atoms with van der Waals surface area (Å²) in [7, 11) is 0. The smallest absolute Gasteiger partial charge is 0.254 e. The van der Waals surface area contributed by atoms with Gasteiger partial charge in [0.1, 0.15) is 0 Å². The second-order valence-electron chi connectivity index (χ2n) is 21.8. The zero-order chi connectivity index (χ0) is 54.3. The minimum Gasteiger partial charge on any atom is -0.310 e. The number of hydrogen-bond donors (Lipinski definition) is 0. The van der Waals surface area contributed by atoms with Gasteiger partial charge >= 0.3 is 0 Å². The molecule has 0 unspecified atom stereocenters. The molecule has 16 aromatic rings. The van der Waals surface area contributed by atoms with Crippen LogP contribution in [0.5, 0.6) is 0 Å². The fourth-order valence-electron chi connectivity index (χ4n) is 13.8. The maximum atomic E-state index is 5.50. The summed E-state index contributed by atoms with van der Waals surface area (Å²) < 4.78 is 7.66. The molecule has 0 spiro atoms. The van der Waals surface area contributed by atoms with E-state index in [1.165, 1.54) is 63.6 Å². The van der Waals surface area contributed by atoms with Crippen molar-refractivity contribution in [3.63, 3.8) is 0 Å². The van der Waals surface area contributed by atoms with Crippen molar-refractivity contribution in [1.29, 1.82) is 0 Å². The molecule has 6 nitrogen and oxygen atoms in total. The van der Waals surface area contributed by atoms with Gasteiger partial charge in [-0.2, -0.15) is 0 Å². The van der Waals surface area contributed by atoms with E-state index in [4.69, 9.17) is 15.0 Å². The van der Waals surface area contributed by atoms with Gasteiger partial charge < -0.3 is 14.0 Å². The molecule has 0 N–H and O–H groups in total. The predicted octanol–water partition coefficient (Wildman–Crippen LogP) is 17.4. The lowest BCUT2D eigenvalue weighted by Gasteiger charge is -2.42. The van der Waals surface area contributed by atoms with Crippen molar-refractivity contribution in [3.05, 3.63) is 273 Å². The lowest BCUT2D eigenvalue weighted by molar-refractivity contribution is 1.07.